The SMILES string of the molecule is COc1nc(-c2cccc(-c3cccc(N4C(CO)N(C)C(=O)C5CCCN54)c3Cl)c2Cl)cc(Cl)c1CN(CC1CCC(=O)N1)C(=O)O. The largest absolute Gasteiger partial charge is 0.481 e. The lowest BCUT2D eigenvalue weighted by atomic mass is 10.00. The number of pyridine rings is 1. The maximum absolute atomic E-state index is 13.0. The van der Waals surface area contributed by atoms with E-state index in [1.54, 1.807) is 24.1 Å². The fourth-order valence-corrected chi connectivity index (χ4v) is 7.65. The molecular formula is C33H35Cl3N6O6. The molecule has 0 aliphatic carbocycles. The number of benzene rings is 2. The summed E-state index contributed by atoms with van der Waals surface area (Å²) in [5.74, 6) is 0.000335. The van der Waals surface area contributed by atoms with Crippen molar-refractivity contribution in [3.05, 3.63) is 63.1 Å². The Balaban J connectivity index is 1.34. The Labute approximate surface area is 292 Å². The number of aliphatic hydroxyl groups is 1. The third-order valence-electron chi connectivity index (χ3n) is 9.19. The highest BCUT2D eigenvalue weighted by Gasteiger charge is 2.46. The third-order valence-corrected chi connectivity index (χ3v) is 10.3. The van der Waals surface area contributed by atoms with Gasteiger partial charge in [-0.2, -0.15) is 0 Å². The van der Waals surface area contributed by atoms with Gasteiger partial charge in [0.15, 0.2) is 0 Å². The summed E-state index contributed by atoms with van der Waals surface area (Å²) in [6.07, 6.45) is 0.659. The number of carbonyl (C=O) groups excluding carboxylic acids is 2. The Morgan fingerprint density at radius 3 is 2.46 bits per heavy atom. The van der Waals surface area contributed by atoms with Gasteiger partial charge in [-0.3, -0.25) is 14.6 Å². The number of hydrazine groups is 1. The summed E-state index contributed by atoms with van der Waals surface area (Å²) in [5, 5.41) is 27.9. The van der Waals surface area contributed by atoms with Crippen LogP contribution < -0.4 is 15.1 Å². The van der Waals surface area contributed by atoms with Gasteiger partial charge in [-0.25, -0.2) is 14.8 Å². The number of nitrogens with zero attached hydrogens (tertiary/aromatic N) is 5. The number of rotatable bonds is 9. The van der Waals surface area contributed by atoms with E-state index in [2.05, 4.69) is 10.3 Å². The van der Waals surface area contributed by atoms with Gasteiger partial charge in [-0.1, -0.05) is 65.1 Å². The van der Waals surface area contributed by atoms with Crippen molar-refractivity contribution in [1.82, 2.24) is 25.1 Å². The molecule has 48 heavy (non-hydrogen) atoms. The number of halogens is 3. The molecule has 3 aliphatic heterocycles. The summed E-state index contributed by atoms with van der Waals surface area (Å²) in [6, 6.07) is 12.0. The number of amides is 3. The summed E-state index contributed by atoms with van der Waals surface area (Å²) in [7, 11) is 3.11. The van der Waals surface area contributed by atoms with Gasteiger partial charge < -0.3 is 30.1 Å². The average molecular weight is 718 g/mol. The van der Waals surface area contributed by atoms with Gasteiger partial charge in [-0.05, 0) is 31.4 Å². The van der Waals surface area contributed by atoms with E-state index in [0.29, 0.717) is 69.5 Å². The lowest BCUT2D eigenvalue weighted by molar-refractivity contribution is -0.145. The third kappa shape index (κ3) is 6.23. The maximum Gasteiger partial charge on any atom is 0.407 e. The molecule has 0 radical (unpaired) electrons. The number of hydrogen-bond donors (Lipinski definition) is 3. The average Bonchev–Trinajstić information content (AvgIpc) is 3.72. The molecule has 12 nitrogen and oxygen atoms in total. The molecule has 254 valence electrons. The molecule has 3 atom stereocenters. The molecule has 3 fully saturated rings. The van der Waals surface area contributed by atoms with Crippen LogP contribution in [0.1, 0.15) is 31.2 Å². The Kier molecular flexibility index (Phi) is 9.91. The zero-order chi connectivity index (χ0) is 34.3. The predicted octanol–water partition coefficient (Wildman–Crippen LogP) is 5.12. The van der Waals surface area contributed by atoms with Crippen LogP contribution in [0.5, 0.6) is 5.88 Å². The van der Waals surface area contributed by atoms with E-state index in [0.717, 1.165) is 6.42 Å². The first-order valence-corrected chi connectivity index (χ1v) is 16.7. The molecule has 0 spiro atoms. The highest BCUT2D eigenvalue weighted by molar-refractivity contribution is 6.39. The molecule has 6 rings (SSSR count). The number of anilines is 1. The Morgan fingerprint density at radius 1 is 1.08 bits per heavy atom. The van der Waals surface area contributed by atoms with E-state index in [9.17, 15) is 24.6 Å². The lowest BCUT2D eigenvalue weighted by Crippen LogP contribution is -2.68. The van der Waals surface area contributed by atoms with Gasteiger partial charge in [0.05, 0.1) is 52.3 Å². The van der Waals surface area contributed by atoms with Crippen LogP contribution >= 0.6 is 34.8 Å². The summed E-state index contributed by atoms with van der Waals surface area (Å²) in [6.45, 7) is 0.367. The monoisotopic (exact) mass is 716 g/mol. The first-order valence-electron chi connectivity index (χ1n) is 15.6. The van der Waals surface area contributed by atoms with Crippen LogP contribution in [0.25, 0.3) is 22.4 Å². The molecule has 3 aliphatic rings. The van der Waals surface area contributed by atoms with E-state index in [1.807, 2.05) is 40.3 Å². The van der Waals surface area contributed by atoms with Crippen LogP contribution in [0.15, 0.2) is 42.5 Å². The first kappa shape index (κ1) is 34.1. The number of fused-ring (bicyclic) bond motifs is 1. The zero-order valence-corrected chi connectivity index (χ0v) is 28.6. The van der Waals surface area contributed by atoms with E-state index in [-0.39, 0.29) is 54.5 Å². The topological polar surface area (TPSA) is 139 Å². The summed E-state index contributed by atoms with van der Waals surface area (Å²) in [4.78, 5) is 44.2. The fraction of sp³-hybridized carbons (Fsp3) is 0.394. The van der Waals surface area contributed by atoms with Gasteiger partial charge >= 0.3 is 6.09 Å². The van der Waals surface area contributed by atoms with Gasteiger partial charge in [0.25, 0.3) is 0 Å². The fourth-order valence-electron chi connectivity index (χ4n) is 6.77. The molecule has 4 heterocycles. The molecule has 3 N–H and O–H groups in total. The molecular weight excluding hydrogens is 683 g/mol. The second-order valence-electron chi connectivity index (χ2n) is 12.0. The summed E-state index contributed by atoms with van der Waals surface area (Å²) in [5.41, 5.74) is 3.22. The van der Waals surface area contributed by atoms with Crippen LogP contribution in [-0.4, -0.2) is 100 Å². The van der Waals surface area contributed by atoms with E-state index in [1.165, 1.54) is 12.0 Å². The number of ether oxygens (including phenoxy) is 1. The van der Waals surface area contributed by atoms with E-state index in [4.69, 9.17) is 39.5 Å². The van der Waals surface area contributed by atoms with Crippen LogP contribution in [0, 0.1) is 0 Å². The molecule has 3 saturated heterocycles. The van der Waals surface area contributed by atoms with Crippen LogP contribution in [0.4, 0.5) is 10.5 Å². The molecule has 3 unspecified atom stereocenters. The minimum atomic E-state index is -1.17. The van der Waals surface area contributed by atoms with Gasteiger partial charge in [0.2, 0.25) is 17.7 Å². The Bertz CT molecular complexity index is 1760. The number of methoxy groups -OCH3 is 1. The Morgan fingerprint density at radius 2 is 1.79 bits per heavy atom. The van der Waals surface area contributed by atoms with Crippen molar-refractivity contribution in [2.45, 2.75) is 50.5 Å². The molecule has 1 aromatic heterocycles. The van der Waals surface area contributed by atoms with Crippen molar-refractivity contribution < 1.29 is 29.3 Å². The summed E-state index contributed by atoms with van der Waals surface area (Å²) >= 11 is 21.0. The molecule has 2 aromatic carbocycles. The van der Waals surface area contributed by atoms with E-state index >= 15 is 0 Å². The van der Waals surface area contributed by atoms with Crippen molar-refractivity contribution in [2.24, 2.45) is 0 Å². The molecule has 15 heteroatoms. The number of carbonyl (C=O) groups is 3. The standard InChI is InChI=1S/C33H35Cl3N6O6/c1-39-28(17-43)42(41-13-5-10-26(41)32(39)45)25-9-4-7-20(30(25)36)19-6-3-8-21(29(19)35)24-14-23(34)22(31(38-24)48-2)16-40(33(46)47)15-18-11-12-27(44)37-18/h3-4,6-9,14,18,26,28,43H,5,10-13,15-17H2,1-2H3,(H,37,44)(H,46,47). The highest BCUT2D eigenvalue weighted by atomic mass is 35.5. The maximum atomic E-state index is 13.0. The van der Waals surface area contributed by atoms with E-state index < -0.39 is 12.3 Å². The van der Waals surface area contributed by atoms with Crippen LogP contribution in [0.3, 0.4) is 0 Å². The van der Waals surface area contributed by atoms with Crippen molar-refractivity contribution in [1.29, 1.82) is 0 Å². The molecule has 0 saturated carbocycles. The Hall–Kier alpha value is -3.81. The normalized spacial score (nSPS) is 21.0. The molecule has 3 aromatic rings. The first-order chi connectivity index (χ1) is 23.0. The number of carboxylic acid groups (broad SMARTS) is 1. The number of nitrogens with one attached hydrogen (secondary N) is 1. The molecule has 0 bridgehead atoms. The van der Waals surface area contributed by atoms with Gasteiger partial charge in [-0.15, -0.1) is 0 Å². The smallest absolute Gasteiger partial charge is 0.407 e. The quantitative estimate of drug-likeness (QED) is 0.275. The lowest BCUT2D eigenvalue weighted by Gasteiger charge is -2.50. The minimum Gasteiger partial charge on any atom is -0.481 e. The highest BCUT2D eigenvalue weighted by Crippen LogP contribution is 2.45. The number of hydrogen-bond acceptors (Lipinski definition) is 8. The van der Waals surface area contributed by atoms with Gasteiger partial charge in [0.1, 0.15) is 12.2 Å². The van der Waals surface area contributed by atoms with Crippen LogP contribution in [0.2, 0.25) is 15.1 Å². The number of aromatic nitrogens is 1. The molecule has 3 amide bonds. The second-order valence-corrected chi connectivity index (χ2v) is 13.2. The minimum absolute atomic E-state index is 0.0311. The zero-order valence-electron chi connectivity index (χ0n) is 26.3. The predicted molar refractivity (Wildman–Crippen MR) is 182 cm³/mol. The summed E-state index contributed by atoms with van der Waals surface area (Å²) < 4.78 is 5.58. The number of likely N-dealkylation sites (N-methyl/N-ethyl adjacent to an activating group) is 1. The van der Waals surface area contributed by atoms with Crippen molar-refractivity contribution >= 4 is 58.4 Å². The van der Waals surface area contributed by atoms with Crippen molar-refractivity contribution in [3.63, 3.8) is 0 Å². The second kappa shape index (κ2) is 14.0. The van der Waals surface area contributed by atoms with Crippen molar-refractivity contribution in [2.75, 3.05) is 38.9 Å². The van der Waals surface area contributed by atoms with Crippen LogP contribution in [-0.2, 0) is 16.1 Å². The van der Waals surface area contributed by atoms with Crippen molar-refractivity contribution in [3.8, 4) is 28.3 Å². The van der Waals surface area contributed by atoms with Gasteiger partial charge in [0, 0.05) is 49.3 Å². The number of aliphatic hydroxyl groups excluding tert-OH is 1.